The van der Waals surface area contributed by atoms with E-state index in [4.69, 9.17) is 17.3 Å². The summed E-state index contributed by atoms with van der Waals surface area (Å²) in [5, 5.41) is 0.743. The maximum atomic E-state index is 12.4. The molecule has 0 aromatic heterocycles. The van der Waals surface area contributed by atoms with Crippen molar-refractivity contribution in [2.24, 2.45) is 11.7 Å². The standard InChI is InChI=1S/C16H24ClN3O.2ClH/c1-3-12(2)15(18)16(21)20-10-8-19(9-11-20)14-6-4-13(17)5-7-14;;/h4-7,12,15H,3,8-11,18H2,1-2H3;2*1H. The SMILES string of the molecule is CCC(C)C(N)C(=O)N1CCN(c2ccc(Cl)cc2)CC1.Cl.Cl. The van der Waals surface area contributed by atoms with Crippen molar-refractivity contribution in [3.05, 3.63) is 29.3 Å². The summed E-state index contributed by atoms with van der Waals surface area (Å²) in [5.74, 6) is 0.312. The van der Waals surface area contributed by atoms with Crippen LogP contribution in [0.3, 0.4) is 0 Å². The summed E-state index contributed by atoms with van der Waals surface area (Å²) < 4.78 is 0. The first kappa shape index (κ1) is 22.3. The fourth-order valence-corrected chi connectivity index (χ4v) is 2.67. The summed E-state index contributed by atoms with van der Waals surface area (Å²) in [6.07, 6.45) is 0.928. The zero-order valence-electron chi connectivity index (χ0n) is 13.6. The number of piperazine rings is 1. The number of nitrogens with two attached hydrogens (primary N) is 1. The molecule has 0 bridgehead atoms. The summed E-state index contributed by atoms with van der Waals surface area (Å²) in [4.78, 5) is 16.5. The number of amides is 1. The van der Waals surface area contributed by atoms with Crippen molar-refractivity contribution in [1.29, 1.82) is 0 Å². The number of rotatable bonds is 4. The monoisotopic (exact) mass is 381 g/mol. The zero-order valence-corrected chi connectivity index (χ0v) is 16.0. The third-order valence-electron chi connectivity index (χ3n) is 4.33. The van der Waals surface area contributed by atoms with Crippen LogP contribution in [0.1, 0.15) is 20.3 Å². The number of benzene rings is 1. The quantitative estimate of drug-likeness (QED) is 0.870. The lowest BCUT2D eigenvalue weighted by atomic mass is 9.98. The lowest BCUT2D eigenvalue weighted by molar-refractivity contribution is -0.134. The van der Waals surface area contributed by atoms with E-state index in [1.54, 1.807) is 0 Å². The van der Waals surface area contributed by atoms with Gasteiger partial charge in [0.1, 0.15) is 0 Å². The van der Waals surface area contributed by atoms with Crippen LogP contribution in [0, 0.1) is 5.92 Å². The first-order chi connectivity index (χ1) is 10.0. The molecular weight excluding hydrogens is 357 g/mol. The molecule has 7 heteroatoms. The number of carbonyl (C=O) groups excluding carboxylic acids is 1. The van der Waals surface area contributed by atoms with E-state index in [-0.39, 0.29) is 42.7 Å². The van der Waals surface area contributed by atoms with Crippen LogP contribution in [0.2, 0.25) is 5.02 Å². The number of carbonyl (C=O) groups is 1. The molecule has 2 unspecified atom stereocenters. The Hall–Kier alpha value is -0.680. The summed E-state index contributed by atoms with van der Waals surface area (Å²) in [6, 6.07) is 7.45. The van der Waals surface area contributed by atoms with Crippen molar-refractivity contribution in [1.82, 2.24) is 4.90 Å². The van der Waals surface area contributed by atoms with Crippen LogP contribution in [0.25, 0.3) is 0 Å². The maximum absolute atomic E-state index is 12.4. The van der Waals surface area contributed by atoms with Gasteiger partial charge in [0.25, 0.3) is 0 Å². The third-order valence-corrected chi connectivity index (χ3v) is 4.58. The Kier molecular flexibility index (Phi) is 9.94. The van der Waals surface area contributed by atoms with E-state index in [1.165, 1.54) is 0 Å². The van der Waals surface area contributed by atoms with E-state index >= 15 is 0 Å². The van der Waals surface area contributed by atoms with Crippen molar-refractivity contribution in [3.8, 4) is 0 Å². The molecule has 2 rings (SSSR count). The van der Waals surface area contributed by atoms with Crippen LogP contribution >= 0.6 is 36.4 Å². The van der Waals surface area contributed by atoms with Crippen LogP contribution in [0.5, 0.6) is 0 Å². The van der Waals surface area contributed by atoms with Gasteiger partial charge in [-0.25, -0.2) is 0 Å². The zero-order chi connectivity index (χ0) is 15.4. The molecule has 1 saturated heterocycles. The third kappa shape index (κ3) is 5.71. The van der Waals surface area contributed by atoms with Gasteiger partial charge in [-0.2, -0.15) is 0 Å². The summed E-state index contributed by atoms with van der Waals surface area (Å²) in [5.41, 5.74) is 7.20. The van der Waals surface area contributed by atoms with Gasteiger partial charge in [0, 0.05) is 36.9 Å². The number of hydrogen-bond acceptors (Lipinski definition) is 3. The fraction of sp³-hybridized carbons (Fsp3) is 0.562. The minimum absolute atomic E-state index is 0. The van der Waals surface area contributed by atoms with Gasteiger partial charge < -0.3 is 15.5 Å². The molecule has 1 aliphatic rings. The van der Waals surface area contributed by atoms with Gasteiger partial charge in [-0.05, 0) is 30.2 Å². The molecule has 2 atom stereocenters. The molecule has 23 heavy (non-hydrogen) atoms. The molecule has 0 aliphatic carbocycles. The highest BCUT2D eigenvalue weighted by atomic mass is 35.5. The highest BCUT2D eigenvalue weighted by molar-refractivity contribution is 6.30. The first-order valence-electron chi connectivity index (χ1n) is 7.57. The fourth-order valence-electron chi connectivity index (χ4n) is 2.55. The Morgan fingerprint density at radius 3 is 2.17 bits per heavy atom. The topological polar surface area (TPSA) is 49.6 Å². The lowest BCUT2D eigenvalue weighted by Crippen LogP contribution is -2.54. The van der Waals surface area contributed by atoms with Crippen molar-refractivity contribution in [3.63, 3.8) is 0 Å². The van der Waals surface area contributed by atoms with Crippen LogP contribution in [0.15, 0.2) is 24.3 Å². The molecule has 1 heterocycles. The summed E-state index contributed by atoms with van der Waals surface area (Å²) in [7, 11) is 0. The molecule has 1 fully saturated rings. The first-order valence-corrected chi connectivity index (χ1v) is 7.95. The number of nitrogens with zero attached hydrogens (tertiary/aromatic N) is 2. The predicted octanol–water partition coefficient (Wildman–Crippen LogP) is 3.21. The predicted molar refractivity (Wildman–Crippen MR) is 102 cm³/mol. The molecular formula is C16H26Cl3N3O. The van der Waals surface area contributed by atoms with Crippen LogP contribution < -0.4 is 10.6 Å². The van der Waals surface area contributed by atoms with Gasteiger partial charge in [0.15, 0.2) is 0 Å². The van der Waals surface area contributed by atoms with Gasteiger partial charge >= 0.3 is 0 Å². The average Bonchev–Trinajstić information content (AvgIpc) is 2.53. The van der Waals surface area contributed by atoms with Gasteiger partial charge in [-0.15, -0.1) is 24.8 Å². The van der Waals surface area contributed by atoms with Crippen molar-refractivity contribution in [2.45, 2.75) is 26.3 Å². The van der Waals surface area contributed by atoms with Gasteiger partial charge in [0.2, 0.25) is 5.91 Å². The van der Waals surface area contributed by atoms with E-state index in [0.29, 0.717) is 0 Å². The number of halogens is 3. The molecule has 132 valence electrons. The second-order valence-electron chi connectivity index (χ2n) is 5.70. The van der Waals surface area contributed by atoms with Gasteiger partial charge in [0.05, 0.1) is 6.04 Å². The molecule has 1 aliphatic heterocycles. The highest BCUT2D eigenvalue weighted by Crippen LogP contribution is 2.20. The van der Waals surface area contributed by atoms with Gasteiger partial charge in [-0.1, -0.05) is 31.9 Å². The molecule has 1 amide bonds. The Labute approximate surface area is 156 Å². The highest BCUT2D eigenvalue weighted by Gasteiger charge is 2.27. The largest absolute Gasteiger partial charge is 0.368 e. The average molecular weight is 383 g/mol. The number of hydrogen-bond donors (Lipinski definition) is 1. The molecule has 1 aromatic rings. The van der Waals surface area contributed by atoms with Gasteiger partial charge in [-0.3, -0.25) is 4.79 Å². The lowest BCUT2D eigenvalue weighted by Gasteiger charge is -2.37. The normalized spacial score (nSPS) is 16.9. The van der Waals surface area contributed by atoms with Crippen molar-refractivity contribution >= 4 is 48.0 Å². The van der Waals surface area contributed by atoms with E-state index < -0.39 is 0 Å². The Morgan fingerprint density at radius 2 is 1.70 bits per heavy atom. The van der Waals surface area contributed by atoms with Crippen molar-refractivity contribution < 1.29 is 4.79 Å². The second-order valence-corrected chi connectivity index (χ2v) is 6.14. The Balaban J connectivity index is 0.00000242. The minimum atomic E-state index is -0.378. The van der Waals surface area contributed by atoms with Crippen LogP contribution in [-0.2, 0) is 4.79 Å². The molecule has 0 radical (unpaired) electrons. The molecule has 4 nitrogen and oxygen atoms in total. The smallest absolute Gasteiger partial charge is 0.239 e. The molecule has 1 aromatic carbocycles. The minimum Gasteiger partial charge on any atom is -0.368 e. The molecule has 0 saturated carbocycles. The summed E-state index contributed by atoms with van der Waals surface area (Å²) >= 11 is 5.91. The number of anilines is 1. The van der Waals surface area contributed by atoms with Crippen LogP contribution in [-0.4, -0.2) is 43.0 Å². The molecule has 2 N–H and O–H groups in total. The van der Waals surface area contributed by atoms with E-state index in [9.17, 15) is 4.79 Å². The van der Waals surface area contributed by atoms with Crippen LogP contribution in [0.4, 0.5) is 5.69 Å². The summed E-state index contributed by atoms with van der Waals surface area (Å²) in [6.45, 7) is 7.22. The van der Waals surface area contributed by atoms with Crippen molar-refractivity contribution in [2.75, 3.05) is 31.1 Å². The Bertz CT molecular complexity index is 476. The molecule has 0 spiro atoms. The van der Waals surface area contributed by atoms with E-state index in [2.05, 4.69) is 11.8 Å². The second kappa shape index (κ2) is 10.2. The Morgan fingerprint density at radius 1 is 1.17 bits per heavy atom. The maximum Gasteiger partial charge on any atom is 0.239 e. The van der Waals surface area contributed by atoms with E-state index in [0.717, 1.165) is 43.3 Å². The van der Waals surface area contributed by atoms with E-state index in [1.807, 2.05) is 36.1 Å².